The Bertz CT molecular complexity index is 1210. The van der Waals surface area contributed by atoms with Crippen molar-refractivity contribution < 1.29 is 18.3 Å². The number of benzene rings is 2. The molecular weight excluding hydrogens is 414 g/mol. The normalized spacial score (nSPS) is 11.3. The van der Waals surface area contributed by atoms with Crippen LogP contribution < -0.4 is 4.72 Å². The van der Waals surface area contributed by atoms with E-state index < -0.39 is 16.0 Å². The Morgan fingerprint density at radius 1 is 1.03 bits per heavy atom. The van der Waals surface area contributed by atoms with Crippen molar-refractivity contribution in [3.05, 3.63) is 69.9 Å². The number of hydrogen-bond donors (Lipinski definition) is 2. The van der Waals surface area contributed by atoms with Crippen LogP contribution in [0.25, 0.3) is 11.3 Å². The van der Waals surface area contributed by atoms with Crippen LogP contribution in [0.5, 0.6) is 0 Å². The SMILES string of the molecule is Cc1cccc(C)c1-c1nc(NS(=O)(=O)c2cccc(C(=O)O)c2)nc(Cl)c1C. The second kappa shape index (κ2) is 7.81. The number of aromatic nitrogens is 2. The van der Waals surface area contributed by atoms with Gasteiger partial charge in [-0.3, -0.25) is 0 Å². The van der Waals surface area contributed by atoms with Crippen LogP contribution in [0.15, 0.2) is 47.4 Å². The van der Waals surface area contributed by atoms with Gasteiger partial charge in [0.1, 0.15) is 5.15 Å². The number of halogens is 1. The van der Waals surface area contributed by atoms with Crippen molar-refractivity contribution in [2.75, 3.05) is 4.72 Å². The lowest BCUT2D eigenvalue weighted by Gasteiger charge is -2.14. The molecule has 0 saturated heterocycles. The van der Waals surface area contributed by atoms with E-state index in [2.05, 4.69) is 14.7 Å². The number of anilines is 1. The molecule has 3 aromatic rings. The summed E-state index contributed by atoms with van der Waals surface area (Å²) in [6, 6.07) is 10.8. The van der Waals surface area contributed by atoms with Crippen molar-refractivity contribution in [2.45, 2.75) is 25.7 Å². The Morgan fingerprint density at radius 3 is 2.28 bits per heavy atom. The van der Waals surface area contributed by atoms with Crippen molar-refractivity contribution in [1.29, 1.82) is 0 Å². The Hall–Kier alpha value is -2.97. The quantitative estimate of drug-likeness (QED) is 0.585. The minimum absolute atomic E-state index is 0.120. The summed E-state index contributed by atoms with van der Waals surface area (Å²) in [7, 11) is -4.12. The number of aryl methyl sites for hydroxylation is 2. The molecule has 1 heterocycles. The van der Waals surface area contributed by atoms with Crippen LogP contribution in [0, 0.1) is 20.8 Å². The molecule has 7 nitrogen and oxygen atoms in total. The lowest BCUT2D eigenvalue weighted by molar-refractivity contribution is 0.0696. The van der Waals surface area contributed by atoms with Crippen molar-refractivity contribution in [3.63, 3.8) is 0 Å². The van der Waals surface area contributed by atoms with Crippen LogP contribution in [-0.2, 0) is 10.0 Å². The van der Waals surface area contributed by atoms with Crippen molar-refractivity contribution >= 4 is 33.5 Å². The van der Waals surface area contributed by atoms with Crippen LogP contribution in [-0.4, -0.2) is 29.5 Å². The third kappa shape index (κ3) is 4.23. The number of hydrogen-bond acceptors (Lipinski definition) is 5. The van der Waals surface area contributed by atoms with Gasteiger partial charge in [0, 0.05) is 11.1 Å². The van der Waals surface area contributed by atoms with Gasteiger partial charge in [-0.05, 0) is 50.1 Å². The van der Waals surface area contributed by atoms with Gasteiger partial charge in [-0.15, -0.1) is 0 Å². The van der Waals surface area contributed by atoms with Gasteiger partial charge in [-0.25, -0.2) is 22.9 Å². The number of sulfonamides is 1. The Balaban J connectivity index is 2.08. The summed E-state index contributed by atoms with van der Waals surface area (Å²) in [6.07, 6.45) is 0. The Labute approximate surface area is 173 Å². The average molecular weight is 432 g/mol. The summed E-state index contributed by atoms with van der Waals surface area (Å²) in [6.45, 7) is 5.62. The maximum atomic E-state index is 12.7. The first-order valence-electron chi connectivity index (χ1n) is 8.57. The fourth-order valence-electron chi connectivity index (χ4n) is 2.94. The Kier molecular flexibility index (Phi) is 5.59. The molecule has 0 spiro atoms. The van der Waals surface area contributed by atoms with E-state index in [-0.39, 0.29) is 21.6 Å². The molecule has 1 aromatic heterocycles. The maximum absolute atomic E-state index is 12.7. The molecule has 9 heteroatoms. The Morgan fingerprint density at radius 2 is 1.66 bits per heavy atom. The number of rotatable bonds is 5. The molecule has 0 radical (unpaired) electrons. The topological polar surface area (TPSA) is 109 Å². The second-order valence-corrected chi connectivity index (χ2v) is 8.56. The first-order chi connectivity index (χ1) is 13.6. The molecule has 0 amide bonds. The lowest BCUT2D eigenvalue weighted by atomic mass is 9.98. The molecule has 0 aliphatic rings. The number of carboxylic acid groups (broad SMARTS) is 1. The van der Waals surface area contributed by atoms with Crippen LogP contribution in [0.1, 0.15) is 27.0 Å². The summed E-state index contributed by atoms with van der Waals surface area (Å²) < 4.78 is 27.7. The molecular formula is C20H18ClN3O4S. The molecule has 0 aliphatic heterocycles. The van der Waals surface area contributed by atoms with Gasteiger partial charge in [-0.1, -0.05) is 35.9 Å². The molecule has 0 aliphatic carbocycles. The highest BCUT2D eigenvalue weighted by Gasteiger charge is 2.21. The zero-order valence-corrected chi connectivity index (χ0v) is 17.5. The third-order valence-electron chi connectivity index (χ3n) is 4.42. The van der Waals surface area contributed by atoms with E-state index in [4.69, 9.17) is 16.7 Å². The largest absolute Gasteiger partial charge is 0.478 e. The van der Waals surface area contributed by atoms with Gasteiger partial charge in [0.15, 0.2) is 0 Å². The summed E-state index contributed by atoms with van der Waals surface area (Å²) in [4.78, 5) is 19.3. The van der Waals surface area contributed by atoms with Crippen LogP contribution in [0.2, 0.25) is 5.15 Å². The second-order valence-electron chi connectivity index (χ2n) is 6.52. The smallest absolute Gasteiger partial charge is 0.335 e. The third-order valence-corrected chi connectivity index (χ3v) is 6.12. The fourth-order valence-corrected chi connectivity index (χ4v) is 4.10. The number of aromatic carboxylic acids is 1. The zero-order chi connectivity index (χ0) is 21.3. The molecule has 0 fully saturated rings. The monoisotopic (exact) mass is 431 g/mol. The van der Waals surface area contributed by atoms with Gasteiger partial charge < -0.3 is 5.11 Å². The molecule has 0 saturated carbocycles. The molecule has 0 bridgehead atoms. The van der Waals surface area contributed by atoms with Gasteiger partial charge in [0.2, 0.25) is 5.95 Å². The summed E-state index contributed by atoms with van der Waals surface area (Å²) in [5.41, 5.74) is 3.78. The predicted octanol–water partition coefficient (Wildman–Crippen LogP) is 4.22. The van der Waals surface area contributed by atoms with E-state index in [1.165, 1.54) is 18.2 Å². The first-order valence-corrected chi connectivity index (χ1v) is 10.4. The van der Waals surface area contributed by atoms with Gasteiger partial charge in [-0.2, -0.15) is 4.98 Å². The van der Waals surface area contributed by atoms with E-state index in [1.807, 2.05) is 32.0 Å². The molecule has 2 N–H and O–H groups in total. The number of carboxylic acids is 1. The minimum Gasteiger partial charge on any atom is -0.478 e. The summed E-state index contributed by atoms with van der Waals surface area (Å²) in [5.74, 6) is -1.42. The van der Waals surface area contributed by atoms with Gasteiger partial charge in [0.05, 0.1) is 16.2 Å². The van der Waals surface area contributed by atoms with E-state index in [9.17, 15) is 13.2 Å². The number of carbonyl (C=O) groups is 1. The van der Waals surface area contributed by atoms with E-state index >= 15 is 0 Å². The van der Waals surface area contributed by atoms with E-state index in [1.54, 1.807) is 6.92 Å². The lowest BCUT2D eigenvalue weighted by Crippen LogP contribution is -2.16. The fraction of sp³-hybridized carbons (Fsp3) is 0.150. The van der Waals surface area contributed by atoms with Crippen LogP contribution in [0.4, 0.5) is 5.95 Å². The van der Waals surface area contributed by atoms with Crippen LogP contribution >= 0.6 is 11.6 Å². The molecule has 0 atom stereocenters. The molecule has 2 aromatic carbocycles. The van der Waals surface area contributed by atoms with E-state index in [0.29, 0.717) is 11.3 Å². The molecule has 150 valence electrons. The highest BCUT2D eigenvalue weighted by molar-refractivity contribution is 7.92. The molecule has 29 heavy (non-hydrogen) atoms. The van der Waals surface area contributed by atoms with Crippen molar-refractivity contribution in [1.82, 2.24) is 9.97 Å². The standard InChI is InChI=1S/C20H18ClN3O4S/c1-11-6-4-7-12(2)16(11)17-13(3)18(21)23-20(22-17)24-29(27,28)15-9-5-8-14(10-15)19(25)26/h4-10H,1-3H3,(H,25,26)(H,22,23,24). The van der Waals surface area contributed by atoms with Gasteiger partial charge >= 0.3 is 5.97 Å². The number of nitrogens with zero attached hydrogens (tertiary/aromatic N) is 2. The molecule has 3 rings (SSSR count). The summed E-state index contributed by atoms with van der Waals surface area (Å²) in [5, 5.41) is 9.21. The predicted molar refractivity (Wildman–Crippen MR) is 111 cm³/mol. The highest BCUT2D eigenvalue weighted by atomic mass is 35.5. The van der Waals surface area contributed by atoms with Crippen LogP contribution in [0.3, 0.4) is 0 Å². The van der Waals surface area contributed by atoms with Crippen molar-refractivity contribution in [2.24, 2.45) is 0 Å². The zero-order valence-electron chi connectivity index (χ0n) is 15.9. The average Bonchev–Trinajstić information content (AvgIpc) is 2.65. The first kappa shape index (κ1) is 20.8. The highest BCUT2D eigenvalue weighted by Crippen LogP contribution is 2.32. The minimum atomic E-state index is -4.12. The van der Waals surface area contributed by atoms with E-state index in [0.717, 1.165) is 22.8 Å². The summed E-state index contributed by atoms with van der Waals surface area (Å²) >= 11 is 6.25. The van der Waals surface area contributed by atoms with Crippen molar-refractivity contribution in [3.8, 4) is 11.3 Å². The maximum Gasteiger partial charge on any atom is 0.335 e. The van der Waals surface area contributed by atoms with Gasteiger partial charge in [0.25, 0.3) is 10.0 Å². The molecule has 0 unspecified atom stereocenters. The number of nitrogens with one attached hydrogen (secondary N) is 1.